The monoisotopic (exact) mass is 377 g/mol. The highest BCUT2D eigenvalue weighted by molar-refractivity contribution is 7.22. The molecule has 0 radical (unpaired) electrons. The summed E-state index contributed by atoms with van der Waals surface area (Å²) >= 11 is 7.72. The molecular weight excluding hydrogens is 358 g/mol. The molecule has 0 aliphatic heterocycles. The number of halogens is 1. The van der Waals surface area contributed by atoms with Gasteiger partial charge in [-0.2, -0.15) is 5.10 Å². The first-order valence-electron chi connectivity index (χ1n) is 8.04. The summed E-state index contributed by atoms with van der Waals surface area (Å²) < 4.78 is 2.67. The van der Waals surface area contributed by atoms with E-state index in [1.807, 2.05) is 44.1 Å². The van der Waals surface area contributed by atoms with Crippen molar-refractivity contribution in [3.63, 3.8) is 0 Å². The number of aromatic nitrogens is 3. The van der Waals surface area contributed by atoms with Gasteiger partial charge in [-0.3, -0.25) is 14.4 Å². The largest absolute Gasteiger partial charge is 0.308 e. The smallest absolute Gasteiger partial charge is 0.278 e. The van der Waals surface area contributed by atoms with Crippen LogP contribution in [0.4, 0.5) is 5.13 Å². The lowest BCUT2D eigenvalue weighted by atomic mass is 10.3. The molecule has 3 aromatic rings. The zero-order valence-corrected chi connectivity index (χ0v) is 16.0. The maximum atomic E-state index is 13.1. The predicted octanol–water partition coefficient (Wildman–Crippen LogP) is 3.37. The van der Waals surface area contributed by atoms with Crippen LogP contribution >= 0.6 is 22.9 Å². The normalized spacial score (nSPS) is 11.4. The summed E-state index contributed by atoms with van der Waals surface area (Å²) in [6.07, 6.45) is 1.65. The molecule has 0 N–H and O–H groups in total. The van der Waals surface area contributed by atoms with Crippen LogP contribution in [0.5, 0.6) is 0 Å². The minimum absolute atomic E-state index is 0.101. The van der Waals surface area contributed by atoms with Crippen molar-refractivity contribution in [1.29, 1.82) is 0 Å². The summed E-state index contributed by atoms with van der Waals surface area (Å²) in [7, 11) is 3.96. The van der Waals surface area contributed by atoms with Gasteiger partial charge in [0.05, 0.1) is 9.72 Å². The van der Waals surface area contributed by atoms with Gasteiger partial charge in [0.2, 0.25) is 0 Å². The molecule has 0 aliphatic carbocycles. The van der Waals surface area contributed by atoms with E-state index in [4.69, 9.17) is 11.6 Å². The molecule has 0 fully saturated rings. The van der Waals surface area contributed by atoms with Crippen LogP contribution in [0.3, 0.4) is 0 Å². The third-order valence-electron chi connectivity index (χ3n) is 3.84. The van der Waals surface area contributed by atoms with E-state index in [2.05, 4.69) is 10.1 Å². The van der Waals surface area contributed by atoms with Crippen molar-refractivity contribution >= 4 is 44.2 Å². The van der Waals surface area contributed by atoms with E-state index in [1.54, 1.807) is 21.8 Å². The average molecular weight is 378 g/mol. The lowest BCUT2D eigenvalue weighted by Crippen LogP contribution is -2.37. The van der Waals surface area contributed by atoms with Gasteiger partial charge in [0.25, 0.3) is 5.91 Å². The number of amides is 1. The second-order valence-corrected chi connectivity index (χ2v) is 7.29. The maximum Gasteiger partial charge on any atom is 0.278 e. The molecule has 0 aliphatic rings. The molecule has 8 heteroatoms. The van der Waals surface area contributed by atoms with Crippen LogP contribution < -0.4 is 4.90 Å². The molecular formula is C17H20ClN5OS. The van der Waals surface area contributed by atoms with Gasteiger partial charge in [0.15, 0.2) is 5.13 Å². The summed E-state index contributed by atoms with van der Waals surface area (Å²) in [6.45, 7) is 3.88. The van der Waals surface area contributed by atoms with Gasteiger partial charge in [0.1, 0.15) is 11.2 Å². The van der Waals surface area contributed by atoms with E-state index in [9.17, 15) is 4.79 Å². The molecule has 132 valence electrons. The van der Waals surface area contributed by atoms with Crippen LogP contribution in [0.2, 0.25) is 5.02 Å². The van der Waals surface area contributed by atoms with E-state index in [0.29, 0.717) is 28.9 Å². The number of nitrogens with zero attached hydrogens (tertiary/aromatic N) is 5. The van der Waals surface area contributed by atoms with E-state index < -0.39 is 0 Å². The second-order valence-electron chi connectivity index (χ2n) is 5.88. The topological polar surface area (TPSA) is 54.3 Å². The highest BCUT2D eigenvalue weighted by Gasteiger charge is 2.24. The highest BCUT2D eigenvalue weighted by atomic mass is 35.5. The molecule has 2 heterocycles. The highest BCUT2D eigenvalue weighted by Crippen LogP contribution is 2.33. The number of benzene rings is 1. The minimum atomic E-state index is -0.101. The Kier molecular flexibility index (Phi) is 5.36. The molecule has 0 unspecified atom stereocenters. The van der Waals surface area contributed by atoms with E-state index in [-0.39, 0.29) is 5.91 Å². The van der Waals surface area contributed by atoms with Gasteiger partial charge in [-0.25, -0.2) is 4.98 Å². The van der Waals surface area contributed by atoms with Crippen LogP contribution in [-0.2, 0) is 6.54 Å². The third-order valence-corrected chi connectivity index (χ3v) is 5.19. The predicted molar refractivity (Wildman–Crippen MR) is 103 cm³/mol. The standard InChI is InChI=1S/C17H20ClN5OS/c1-4-23-13(8-9-19-23)16(24)22(11-10-21(2)3)17-20-15-12(18)6-5-7-14(15)25-17/h5-9H,4,10-11H2,1-3H3. The van der Waals surface area contributed by atoms with Gasteiger partial charge >= 0.3 is 0 Å². The number of fused-ring (bicyclic) bond motifs is 1. The Morgan fingerprint density at radius 3 is 2.76 bits per heavy atom. The Balaban J connectivity index is 2.01. The molecule has 3 rings (SSSR count). The van der Waals surface area contributed by atoms with Crippen molar-refractivity contribution < 1.29 is 4.79 Å². The lowest BCUT2D eigenvalue weighted by molar-refractivity contribution is 0.0975. The number of rotatable bonds is 6. The fourth-order valence-electron chi connectivity index (χ4n) is 2.51. The van der Waals surface area contributed by atoms with E-state index >= 15 is 0 Å². The molecule has 0 atom stereocenters. The fraction of sp³-hybridized carbons (Fsp3) is 0.353. The number of hydrogen-bond acceptors (Lipinski definition) is 5. The number of thiazole rings is 1. The molecule has 2 aromatic heterocycles. The molecule has 0 saturated carbocycles. The van der Waals surface area contributed by atoms with Gasteiger partial charge in [-0.1, -0.05) is 29.0 Å². The SMILES string of the molecule is CCn1nccc1C(=O)N(CCN(C)C)c1nc2c(Cl)cccc2s1. The Hall–Kier alpha value is -1.96. The van der Waals surface area contributed by atoms with Crippen LogP contribution in [0.15, 0.2) is 30.5 Å². The van der Waals surface area contributed by atoms with Gasteiger partial charge in [0, 0.05) is 25.8 Å². The van der Waals surface area contributed by atoms with Gasteiger partial charge < -0.3 is 4.90 Å². The Morgan fingerprint density at radius 2 is 2.08 bits per heavy atom. The van der Waals surface area contributed by atoms with Crippen molar-refractivity contribution in [3.05, 3.63) is 41.2 Å². The molecule has 0 bridgehead atoms. The van der Waals surface area contributed by atoms with Crippen molar-refractivity contribution in [3.8, 4) is 0 Å². The van der Waals surface area contributed by atoms with Gasteiger partial charge in [-0.05, 0) is 39.2 Å². The Labute approximate surface area is 155 Å². The first kappa shape index (κ1) is 17.8. The Bertz CT molecular complexity index is 888. The molecule has 0 saturated heterocycles. The summed E-state index contributed by atoms with van der Waals surface area (Å²) in [5, 5.41) is 5.45. The van der Waals surface area contributed by atoms with E-state index in [0.717, 1.165) is 16.8 Å². The summed E-state index contributed by atoms with van der Waals surface area (Å²) in [4.78, 5) is 21.5. The summed E-state index contributed by atoms with van der Waals surface area (Å²) in [6, 6.07) is 7.42. The van der Waals surface area contributed by atoms with Crippen molar-refractivity contribution in [2.45, 2.75) is 13.5 Å². The third kappa shape index (κ3) is 3.68. The molecule has 1 amide bonds. The van der Waals surface area contributed by atoms with Crippen LogP contribution in [0.1, 0.15) is 17.4 Å². The lowest BCUT2D eigenvalue weighted by Gasteiger charge is -2.22. The minimum Gasteiger partial charge on any atom is -0.308 e. The van der Waals surface area contributed by atoms with Crippen molar-refractivity contribution in [2.24, 2.45) is 0 Å². The van der Waals surface area contributed by atoms with Crippen molar-refractivity contribution in [1.82, 2.24) is 19.7 Å². The molecule has 25 heavy (non-hydrogen) atoms. The maximum absolute atomic E-state index is 13.1. The van der Waals surface area contributed by atoms with Crippen LogP contribution in [0, 0.1) is 0 Å². The zero-order chi connectivity index (χ0) is 18.0. The first-order chi connectivity index (χ1) is 12.0. The van der Waals surface area contributed by atoms with Crippen molar-refractivity contribution in [2.75, 3.05) is 32.1 Å². The number of carbonyl (C=O) groups excluding carboxylic acids is 1. The van der Waals surface area contributed by atoms with Gasteiger partial charge in [-0.15, -0.1) is 0 Å². The quantitative estimate of drug-likeness (QED) is 0.660. The Morgan fingerprint density at radius 1 is 1.28 bits per heavy atom. The summed E-state index contributed by atoms with van der Waals surface area (Å²) in [5.74, 6) is -0.101. The second kappa shape index (κ2) is 7.51. The number of carbonyl (C=O) groups is 1. The molecule has 0 spiro atoms. The average Bonchev–Trinajstić information content (AvgIpc) is 3.21. The molecule has 6 nitrogen and oxygen atoms in total. The zero-order valence-electron chi connectivity index (χ0n) is 14.4. The summed E-state index contributed by atoms with van der Waals surface area (Å²) in [5.41, 5.74) is 1.29. The number of para-hydroxylation sites is 1. The number of likely N-dealkylation sites (N-methyl/N-ethyl adjacent to an activating group) is 1. The number of hydrogen-bond donors (Lipinski definition) is 0. The van der Waals surface area contributed by atoms with Crippen LogP contribution in [0.25, 0.3) is 10.2 Å². The van der Waals surface area contributed by atoms with E-state index in [1.165, 1.54) is 11.3 Å². The fourth-order valence-corrected chi connectivity index (χ4v) is 3.80. The van der Waals surface area contributed by atoms with Crippen LogP contribution in [-0.4, -0.2) is 52.8 Å². The number of anilines is 1. The molecule has 1 aromatic carbocycles. The number of aryl methyl sites for hydroxylation is 1. The first-order valence-corrected chi connectivity index (χ1v) is 9.24.